The summed E-state index contributed by atoms with van der Waals surface area (Å²) in [5, 5.41) is 2.86. The number of benzene rings is 1. The molecule has 0 saturated carbocycles. The molecule has 0 bridgehead atoms. The molecule has 0 aliphatic carbocycles. The van der Waals surface area contributed by atoms with Gasteiger partial charge in [0.1, 0.15) is 17.7 Å². The second kappa shape index (κ2) is 7.44. The predicted octanol–water partition coefficient (Wildman–Crippen LogP) is 0.0424. The molecule has 0 fully saturated rings. The highest BCUT2D eigenvalue weighted by Gasteiger charge is 2.25. The number of nitrogen functional groups attached to an aromatic ring is 1. The number of nitrogens with zero attached hydrogens (tertiary/aromatic N) is 2. The number of hydrogen-bond donors (Lipinski definition) is 3. The first-order valence-electron chi connectivity index (χ1n) is 8.13. The van der Waals surface area contributed by atoms with Crippen LogP contribution < -0.4 is 26.1 Å². The highest BCUT2D eigenvalue weighted by atomic mass is 16.7. The summed E-state index contributed by atoms with van der Waals surface area (Å²) in [6, 6.07) is 6.17. The summed E-state index contributed by atoms with van der Waals surface area (Å²) >= 11 is 0. The van der Waals surface area contributed by atoms with Crippen molar-refractivity contribution in [3.63, 3.8) is 0 Å². The van der Waals surface area contributed by atoms with Gasteiger partial charge < -0.3 is 25.5 Å². The fourth-order valence-electron chi connectivity index (χ4n) is 2.82. The molecule has 138 valence electrons. The van der Waals surface area contributed by atoms with Gasteiger partial charge in [0.15, 0.2) is 11.5 Å². The molecule has 0 radical (unpaired) electrons. The number of fused-ring (bicyclic) bond motifs is 1. The van der Waals surface area contributed by atoms with Crippen molar-refractivity contribution in [3.05, 3.63) is 46.0 Å². The lowest BCUT2D eigenvalue weighted by Gasteiger charge is -2.24. The standard InChI is InChI=1S/C17H21N5O4/c1-22(2)16(10-3-4-11-12(7-10)26-9-25-11)17(24)19-6-5-14-20-13(18)8-15(23)21-14/h3-4,7-8,16H,5-6,9H2,1-2H3,(H,19,24)(H3,18,20,21,23)/t16-/m1/s1. The smallest absolute Gasteiger partial charge is 0.252 e. The summed E-state index contributed by atoms with van der Waals surface area (Å²) in [4.78, 5) is 32.5. The highest BCUT2D eigenvalue weighted by molar-refractivity contribution is 5.83. The Bertz CT molecular complexity index is 864. The molecule has 1 aromatic carbocycles. The molecule has 9 nitrogen and oxygen atoms in total. The van der Waals surface area contributed by atoms with Crippen LogP contribution in [0.5, 0.6) is 11.5 Å². The number of aromatic amines is 1. The van der Waals surface area contributed by atoms with Crippen molar-refractivity contribution < 1.29 is 14.3 Å². The van der Waals surface area contributed by atoms with Crippen LogP contribution in [0.3, 0.4) is 0 Å². The van der Waals surface area contributed by atoms with Crippen molar-refractivity contribution in [2.45, 2.75) is 12.5 Å². The van der Waals surface area contributed by atoms with E-state index in [2.05, 4.69) is 15.3 Å². The third-order valence-electron chi connectivity index (χ3n) is 3.95. The minimum Gasteiger partial charge on any atom is -0.454 e. The minimum atomic E-state index is -0.489. The highest BCUT2D eigenvalue weighted by Crippen LogP contribution is 2.35. The van der Waals surface area contributed by atoms with Crippen LogP contribution in [0.25, 0.3) is 0 Å². The lowest BCUT2D eigenvalue weighted by atomic mass is 10.0. The van der Waals surface area contributed by atoms with Crippen LogP contribution in [-0.2, 0) is 11.2 Å². The van der Waals surface area contributed by atoms with Crippen molar-refractivity contribution >= 4 is 11.7 Å². The molecule has 1 amide bonds. The quantitative estimate of drug-likeness (QED) is 0.665. The monoisotopic (exact) mass is 359 g/mol. The van der Waals surface area contributed by atoms with Gasteiger partial charge in [-0.3, -0.25) is 14.5 Å². The number of rotatable bonds is 6. The normalized spacial score (nSPS) is 13.7. The number of hydrogen-bond acceptors (Lipinski definition) is 7. The zero-order chi connectivity index (χ0) is 18.7. The van der Waals surface area contributed by atoms with E-state index in [1.165, 1.54) is 6.07 Å². The molecular formula is C17H21N5O4. The molecule has 2 aromatic rings. The minimum absolute atomic E-state index is 0.154. The Balaban J connectivity index is 1.66. The first-order chi connectivity index (χ1) is 12.4. The molecule has 1 aliphatic rings. The molecule has 2 heterocycles. The van der Waals surface area contributed by atoms with Crippen LogP contribution in [0.1, 0.15) is 17.4 Å². The molecule has 1 aliphatic heterocycles. The van der Waals surface area contributed by atoms with Crippen molar-refractivity contribution in [2.24, 2.45) is 0 Å². The number of likely N-dealkylation sites (N-methyl/N-ethyl adjacent to an activating group) is 1. The van der Waals surface area contributed by atoms with Crippen molar-refractivity contribution in [2.75, 3.05) is 33.2 Å². The van der Waals surface area contributed by atoms with Crippen LogP contribution in [0.4, 0.5) is 5.82 Å². The maximum atomic E-state index is 12.7. The number of carbonyl (C=O) groups excluding carboxylic acids is 1. The number of H-pyrrole nitrogens is 1. The molecule has 0 saturated heterocycles. The van der Waals surface area contributed by atoms with Gasteiger partial charge in [-0.1, -0.05) is 6.07 Å². The molecule has 4 N–H and O–H groups in total. The van der Waals surface area contributed by atoms with E-state index in [1.807, 2.05) is 31.1 Å². The zero-order valence-corrected chi connectivity index (χ0v) is 14.6. The molecule has 1 aromatic heterocycles. The van der Waals surface area contributed by atoms with E-state index in [-0.39, 0.29) is 24.1 Å². The van der Waals surface area contributed by atoms with Crippen molar-refractivity contribution in [1.29, 1.82) is 0 Å². The Morgan fingerprint density at radius 2 is 2.12 bits per heavy atom. The SMILES string of the molecule is CN(C)[C@@H](C(=O)NCCc1nc(N)cc(=O)[nH]1)c1ccc2c(c1)OCO2. The number of nitrogens with two attached hydrogens (primary N) is 1. The largest absolute Gasteiger partial charge is 0.454 e. The van der Waals surface area contributed by atoms with Gasteiger partial charge in [-0.2, -0.15) is 0 Å². The van der Waals surface area contributed by atoms with Gasteiger partial charge in [0.2, 0.25) is 12.7 Å². The van der Waals surface area contributed by atoms with E-state index in [0.717, 1.165) is 5.56 Å². The number of carbonyl (C=O) groups is 1. The number of ether oxygens (including phenoxy) is 2. The Hall–Kier alpha value is -3.07. The summed E-state index contributed by atoms with van der Waals surface area (Å²) in [6.07, 6.45) is 0.368. The zero-order valence-electron chi connectivity index (χ0n) is 14.6. The predicted molar refractivity (Wildman–Crippen MR) is 95.0 cm³/mol. The lowest BCUT2D eigenvalue weighted by Crippen LogP contribution is -2.38. The molecule has 0 unspecified atom stereocenters. The third-order valence-corrected chi connectivity index (χ3v) is 3.95. The molecule has 9 heteroatoms. The van der Waals surface area contributed by atoms with Crippen LogP contribution >= 0.6 is 0 Å². The maximum Gasteiger partial charge on any atom is 0.252 e. The molecular weight excluding hydrogens is 338 g/mol. The van der Waals surface area contributed by atoms with Gasteiger partial charge in [-0.15, -0.1) is 0 Å². The van der Waals surface area contributed by atoms with Crippen LogP contribution in [0.2, 0.25) is 0 Å². The fraction of sp³-hybridized carbons (Fsp3) is 0.353. The van der Waals surface area contributed by atoms with Crippen LogP contribution in [0.15, 0.2) is 29.1 Å². The third kappa shape index (κ3) is 3.94. The average Bonchev–Trinajstić information content (AvgIpc) is 3.01. The second-order valence-electron chi connectivity index (χ2n) is 6.14. The van der Waals surface area contributed by atoms with E-state index in [4.69, 9.17) is 15.2 Å². The Kier molecular flexibility index (Phi) is 5.08. The number of amides is 1. The Morgan fingerprint density at radius 1 is 1.35 bits per heavy atom. The van der Waals surface area contributed by atoms with Crippen molar-refractivity contribution in [1.82, 2.24) is 20.2 Å². The van der Waals surface area contributed by atoms with Gasteiger partial charge in [0, 0.05) is 19.0 Å². The second-order valence-corrected chi connectivity index (χ2v) is 6.14. The fourth-order valence-corrected chi connectivity index (χ4v) is 2.82. The van der Waals surface area contributed by atoms with E-state index >= 15 is 0 Å². The van der Waals surface area contributed by atoms with Crippen LogP contribution in [0, 0.1) is 0 Å². The topological polar surface area (TPSA) is 123 Å². The van der Waals surface area contributed by atoms with Gasteiger partial charge in [-0.05, 0) is 31.8 Å². The molecule has 3 rings (SSSR count). The molecule has 1 atom stereocenters. The van der Waals surface area contributed by atoms with Gasteiger partial charge in [0.25, 0.3) is 5.56 Å². The number of nitrogens with one attached hydrogen (secondary N) is 2. The number of anilines is 1. The molecule has 26 heavy (non-hydrogen) atoms. The summed E-state index contributed by atoms with van der Waals surface area (Å²) in [7, 11) is 3.65. The van der Waals surface area contributed by atoms with Gasteiger partial charge in [-0.25, -0.2) is 4.98 Å². The first-order valence-corrected chi connectivity index (χ1v) is 8.13. The Labute approximate surface area is 150 Å². The number of aromatic nitrogens is 2. The van der Waals surface area contributed by atoms with Crippen LogP contribution in [-0.4, -0.2) is 48.2 Å². The summed E-state index contributed by atoms with van der Waals surface area (Å²) in [5.74, 6) is 1.72. The maximum absolute atomic E-state index is 12.7. The summed E-state index contributed by atoms with van der Waals surface area (Å²) in [6.45, 7) is 0.503. The van der Waals surface area contributed by atoms with Gasteiger partial charge >= 0.3 is 0 Å². The van der Waals surface area contributed by atoms with E-state index in [0.29, 0.717) is 30.3 Å². The molecule has 0 spiro atoms. The van der Waals surface area contributed by atoms with E-state index in [1.54, 1.807) is 6.07 Å². The van der Waals surface area contributed by atoms with Crippen molar-refractivity contribution in [3.8, 4) is 11.5 Å². The summed E-state index contributed by atoms with van der Waals surface area (Å²) < 4.78 is 10.7. The summed E-state index contributed by atoms with van der Waals surface area (Å²) in [5.41, 5.74) is 6.04. The average molecular weight is 359 g/mol. The lowest BCUT2D eigenvalue weighted by molar-refractivity contribution is -0.125. The van der Waals surface area contributed by atoms with E-state index < -0.39 is 6.04 Å². The van der Waals surface area contributed by atoms with Gasteiger partial charge in [0.05, 0.1) is 0 Å². The van der Waals surface area contributed by atoms with E-state index in [9.17, 15) is 9.59 Å². The first kappa shape index (κ1) is 17.7. The Morgan fingerprint density at radius 3 is 2.85 bits per heavy atom.